The first kappa shape index (κ1) is 12.4. The van der Waals surface area contributed by atoms with E-state index in [0.29, 0.717) is 5.69 Å². The number of sulfonamides is 1. The number of hydrogen-bond donors (Lipinski definition) is 2. The molecular formula is C10H11N5O2S. The quantitative estimate of drug-likeness (QED) is 0.800. The molecule has 0 fully saturated rings. The van der Waals surface area contributed by atoms with Crippen molar-refractivity contribution in [2.45, 2.75) is 11.4 Å². The monoisotopic (exact) mass is 265 g/mol. The predicted molar refractivity (Wildman–Crippen MR) is 64.7 cm³/mol. The number of aromatic nitrogens is 3. The third-order valence-electron chi connectivity index (χ3n) is 2.19. The lowest BCUT2D eigenvalue weighted by molar-refractivity contribution is 0.580. The third-order valence-corrected chi connectivity index (χ3v) is 3.64. The van der Waals surface area contributed by atoms with Gasteiger partial charge in [0.25, 0.3) is 0 Å². The van der Waals surface area contributed by atoms with Crippen molar-refractivity contribution in [1.82, 2.24) is 19.7 Å². The van der Waals surface area contributed by atoms with Crippen molar-refractivity contribution in [3.05, 3.63) is 42.7 Å². The van der Waals surface area contributed by atoms with E-state index >= 15 is 0 Å². The molecule has 2 aromatic rings. The molecule has 0 amide bonds. The van der Waals surface area contributed by atoms with Crippen LogP contribution in [0.1, 0.15) is 5.69 Å². The molecule has 2 aromatic heterocycles. The number of nitrogens with two attached hydrogens (primary N) is 1. The van der Waals surface area contributed by atoms with Crippen LogP contribution in [0.2, 0.25) is 0 Å². The summed E-state index contributed by atoms with van der Waals surface area (Å²) in [5, 5.41) is 0. The Hall–Kier alpha value is -2.06. The van der Waals surface area contributed by atoms with Gasteiger partial charge in [-0.25, -0.2) is 23.1 Å². The number of hydrogen-bond acceptors (Lipinski definition) is 6. The zero-order chi connectivity index (χ0) is 13.0. The summed E-state index contributed by atoms with van der Waals surface area (Å²) in [6, 6.07) is 3.05. The zero-order valence-electron chi connectivity index (χ0n) is 9.31. The van der Waals surface area contributed by atoms with E-state index in [1.807, 2.05) is 0 Å². The van der Waals surface area contributed by atoms with Crippen molar-refractivity contribution in [2.24, 2.45) is 0 Å². The maximum Gasteiger partial charge on any atom is 0.244 e. The molecule has 0 aliphatic carbocycles. The highest BCUT2D eigenvalue weighted by Gasteiger charge is 2.17. The van der Waals surface area contributed by atoms with Gasteiger partial charge in [-0.05, 0) is 12.1 Å². The van der Waals surface area contributed by atoms with Crippen LogP contribution in [0.4, 0.5) is 5.69 Å². The Morgan fingerprint density at radius 1 is 1.22 bits per heavy atom. The summed E-state index contributed by atoms with van der Waals surface area (Å²) >= 11 is 0. The minimum atomic E-state index is -3.69. The molecule has 0 bridgehead atoms. The summed E-state index contributed by atoms with van der Waals surface area (Å²) in [6.45, 7) is 0.0686. The normalized spacial score (nSPS) is 11.3. The Kier molecular flexibility index (Phi) is 3.49. The first-order valence-corrected chi connectivity index (χ1v) is 6.52. The minimum Gasteiger partial charge on any atom is -0.398 e. The van der Waals surface area contributed by atoms with Crippen LogP contribution in [-0.4, -0.2) is 23.4 Å². The van der Waals surface area contributed by atoms with E-state index in [1.54, 1.807) is 6.07 Å². The molecule has 3 N–H and O–H groups in total. The van der Waals surface area contributed by atoms with E-state index in [0.717, 1.165) is 0 Å². The van der Waals surface area contributed by atoms with Crippen molar-refractivity contribution in [1.29, 1.82) is 0 Å². The highest BCUT2D eigenvalue weighted by Crippen LogP contribution is 2.15. The standard InChI is InChI=1S/C10H11N5O2S/c11-9-2-4-12-6-10(9)18(16,17)15-5-8-1-3-13-7-14-8/h1-4,6-7,15H,5H2,(H2,11,12). The van der Waals surface area contributed by atoms with Gasteiger partial charge in [-0.3, -0.25) is 4.98 Å². The van der Waals surface area contributed by atoms with Gasteiger partial charge in [-0.1, -0.05) is 0 Å². The van der Waals surface area contributed by atoms with Crippen LogP contribution in [0.3, 0.4) is 0 Å². The van der Waals surface area contributed by atoms with E-state index in [4.69, 9.17) is 5.73 Å². The van der Waals surface area contributed by atoms with Crippen molar-refractivity contribution < 1.29 is 8.42 Å². The molecule has 2 rings (SSSR count). The van der Waals surface area contributed by atoms with Gasteiger partial charge in [0, 0.05) is 18.6 Å². The second-order valence-corrected chi connectivity index (χ2v) is 5.17. The van der Waals surface area contributed by atoms with Gasteiger partial charge < -0.3 is 5.73 Å². The van der Waals surface area contributed by atoms with E-state index < -0.39 is 10.0 Å². The van der Waals surface area contributed by atoms with E-state index in [1.165, 1.54) is 31.0 Å². The molecule has 0 atom stereocenters. The molecule has 0 unspecified atom stereocenters. The molecule has 0 saturated heterocycles. The van der Waals surface area contributed by atoms with Crippen LogP contribution in [0.25, 0.3) is 0 Å². The van der Waals surface area contributed by atoms with Crippen LogP contribution >= 0.6 is 0 Å². The highest BCUT2D eigenvalue weighted by molar-refractivity contribution is 7.89. The lowest BCUT2D eigenvalue weighted by Crippen LogP contribution is -2.24. The Bertz CT molecular complexity index is 630. The first-order chi connectivity index (χ1) is 8.59. The topological polar surface area (TPSA) is 111 Å². The molecule has 2 heterocycles. The molecule has 0 saturated carbocycles. The van der Waals surface area contributed by atoms with Crippen LogP contribution in [0.5, 0.6) is 0 Å². The van der Waals surface area contributed by atoms with Crippen molar-refractivity contribution >= 4 is 15.7 Å². The number of pyridine rings is 1. The van der Waals surface area contributed by atoms with Gasteiger partial charge in [-0.15, -0.1) is 0 Å². The second kappa shape index (κ2) is 5.07. The maximum atomic E-state index is 12.0. The minimum absolute atomic E-state index is 0.0425. The fraction of sp³-hybridized carbons (Fsp3) is 0.100. The summed E-state index contributed by atoms with van der Waals surface area (Å²) in [6.07, 6.45) is 5.52. The fourth-order valence-electron chi connectivity index (χ4n) is 1.28. The summed E-state index contributed by atoms with van der Waals surface area (Å²) < 4.78 is 26.3. The highest BCUT2D eigenvalue weighted by atomic mass is 32.2. The SMILES string of the molecule is Nc1ccncc1S(=O)(=O)NCc1ccncn1. The summed E-state index contributed by atoms with van der Waals surface area (Å²) in [5.74, 6) is 0. The number of nitrogens with zero attached hydrogens (tertiary/aromatic N) is 3. The molecule has 0 spiro atoms. The molecule has 0 aliphatic rings. The van der Waals surface area contributed by atoms with Gasteiger partial charge in [0.05, 0.1) is 17.9 Å². The number of rotatable bonds is 4. The lowest BCUT2D eigenvalue weighted by atomic mass is 10.4. The van der Waals surface area contributed by atoms with Crippen molar-refractivity contribution in [2.75, 3.05) is 5.73 Å². The van der Waals surface area contributed by atoms with Crippen molar-refractivity contribution in [3.8, 4) is 0 Å². The van der Waals surface area contributed by atoms with Crippen molar-refractivity contribution in [3.63, 3.8) is 0 Å². The molecule has 94 valence electrons. The molecule has 0 aromatic carbocycles. The summed E-state index contributed by atoms with van der Waals surface area (Å²) in [7, 11) is -3.69. The van der Waals surface area contributed by atoms with Gasteiger partial charge in [0.2, 0.25) is 10.0 Å². The third kappa shape index (κ3) is 2.79. The number of nitrogen functional groups attached to an aromatic ring is 1. The second-order valence-electron chi connectivity index (χ2n) is 3.44. The van der Waals surface area contributed by atoms with E-state index in [-0.39, 0.29) is 17.1 Å². The molecule has 0 aliphatic heterocycles. The molecule has 8 heteroatoms. The summed E-state index contributed by atoms with van der Waals surface area (Å²) in [4.78, 5) is 11.4. The number of nitrogens with one attached hydrogen (secondary N) is 1. The smallest absolute Gasteiger partial charge is 0.244 e. The number of anilines is 1. The van der Waals surface area contributed by atoms with Crippen LogP contribution in [0.15, 0.2) is 41.9 Å². The Labute approximate surface area is 104 Å². The first-order valence-electron chi connectivity index (χ1n) is 5.03. The lowest BCUT2D eigenvalue weighted by Gasteiger charge is -2.07. The molecule has 0 radical (unpaired) electrons. The molecule has 18 heavy (non-hydrogen) atoms. The Morgan fingerprint density at radius 2 is 2.00 bits per heavy atom. The van der Waals surface area contributed by atoms with Gasteiger partial charge >= 0.3 is 0 Å². The van der Waals surface area contributed by atoms with Gasteiger partial charge in [-0.2, -0.15) is 0 Å². The van der Waals surface area contributed by atoms with Crippen LogP contribution in [0, 0.1) is 0 Å². The fourth-order valence-corrected chi connectivity index (χ4v) is 2.36. The van der Waals surface area contributed by atoms with Gasteiger partial charge in [0.15, 0.2) is 0 Å². The Morgan fingerprint density at radius 3 is 2.67 bits per heavy atom. The summed E-state index contributed by atoms with van der Waals surface area (Å²) in [5.41, 5.74) is 6.31. The van der Waals surface area contributed by atoms with E-state index in [9.17, 15) is 8.42 Å². The zero-order valence-corrected chi connectivity index (χ0v) is 10.1. The Balaban J connectivity index is 2.16. The molecule has 7 nitrogen and oxygen atoms in total. The average molecular weight is 265 g/mol. The molecular weight excluding hydrogens is 254 g/mol. The van der Waals surface area contributed by atoms with Crippen LogP contribution in [-0.2, 0) is 16.6 Å². The largest absolute Gasteiger partial charge is 0.398 e. The predicted octanol–water partition coefficient (Wildman–Crippen LogP) is -0.0677. The van der Waals surface area contributed by atoms with Crippen LogP contribution < -0.4 is 10.5 Å². The maximum absolute atomic E-state index is 12.0. The van der Waals surface area contributed by atoms with E-state index in [2.05, 4.69) is 19.7 Å². The average Bonchev–Trinajstić information content (AvgIpc) is 2.38. The van der Waals surface area contributed by atoms with Gasteiger partial charge in [0.1, 0.15) is 11.2 Å².